The molecule has 1 atom stereocenters. The molecule has 1 unspecified atom stereocenters. The van der Waals surface area contributed by atoms with E-state index in [-0.39, 0.29) is 25.6 Å². The van der Waals surface area contributed by atoms with Gasteiger partial charge in [0.05, 0.1) is 12.5 Å². The molecule has 202 valence electrons. The Kier molecular flexibility index (Phi) is 11.7. The lowest BCUT2D eigenvalue weighted by atomic mass is 9.91. The van der Waals surface area contributed by atoms with Gasteiger partial charge in [0, 0.05) is 6.54 Å². The number of benzene rings is 2. The molecule has 37 heavy (non-hydrogen) atoms. The molecule has 0 aliphatic rings. The summed E-state index contributed by atoms with van der Waals surface area (Å²) >= 11 is 0. The van der Waals surface area contributed by atoms with E-state index in [1.165, 1.54) is 7.11 Å². The second-order valence-corrected chi connectivity index (χ2v) is 9.05. The number of rotatable bonds is 13. The minimum atomic E-state index is -0.913. The fourth-order valence-corrected chi connectivity index (χ4v) is 3.22. The minimum Gasteiger partial charge on any atom is -0.467 e. The second-order valence-electron chi connectivity index (χ2n) is 9.05. The summed E-state index contributed by atoms with van der Waals surface area (Å²) < 4.78 is 20.2. The molecule has 2 aromatic rings. The van der Waals surface area contributed by atoms with Crippen molar-refractivity contribution in [3.05, 3.63) is 42.5 Å². The van der Waals surface area contributed by atoms with Gasteiger partial charge in [-0.15, -0.1) is 0 Å². The Morgan fingerprint density at radius 2 is 1.62 bits per heavy atom. The third kappa shape index (κ3) is 9.98. The van der Waals surface area contributed by atoms with E-state index >= 15 is 0 Å². The van der Waals surface area contributed by atoms with Crippen LogP contribution in [0.4, 0.5) is 9.59 Å². The van der Waals surface area contributed by atoms with Crippen LogP contribution < -0.4 is 15.4 Å². The number of carbonyl (C=O) groups excluding carboxylic acids is 4. The van der Waals surface area contributed by atoms with E-state index < -0.39 is 29.6 Å². The molecule has 2 aromatic carbocycles. The summed E-state index contributed by atoms with van der Waals surface area (Å²) in [4.78, 5) is 48.1. The summed E-state index contributed by atoms with van der Waals surface area (Å²) in [5.74, 6) is -0.550. The Morgan fingerprint density at radius 3 is 2.32 bits per heavy atom. The zero-order valence-electron chi connectivity index (χ0n) is 21.8. The number of unbranched alkanes of at least 4 members (excludes halogenated alkanes) is 1. The average molecular weight is 517 g/mol. The van der Waals surface area contributed by atoms with Crippen LogP contribution in [0.15, 0.2) is 42.5 Å². The van der Waals surface area contributed by atoms with E-state index in [0.717, 1.165) is 10.8 Å². The zero-order chi connectivity index (χ0) is 27.3. The first kappa shape index (κ1) is 29.4. The van der Waals surface area contributed by atoms with Crippen molar-refractivity contribution < 1.29 is 38.1 Å². The molecule has 0 fully saturated rings. The van der Waals surface area contributed by atoms with E-state index in [2.05, 4.69) is 10.6 Å². The monoisotopic (exact) mass is 516 g/mol. The number of amides is 2. The number of nitrogens with one attached hydrogen (secondary N) is 2. The quantitative estimate of drug-likeness (QED) is 0.228. The molecule has 10 heteroatoms. The Labute approximate surface area is 217 Å². The van der Waals surface area contributed by atoms with Crippen molar-refractivity contribution >= 4 is 34.9 Å². The predicted molar refractivity (Wildman–Crippen MR) is 137 cm³/mol. The van der Waals surface area contributed by atoms with Crippen molar-refractivity contribution in [1.82, 2.24) is 10.6 Å². The second kappa shape index (κ2) is 14.7. The minimum absolute atomic E-state index is 0.0838. The number of hydrogen-bond acceptors (Lipinski definition) is 8. The Morgan fingerprint density at radius 1 is 0.919 bits per heavy atom. The summed E-state index contributed by atoms with van der Waals surface area (Å²) in [7, 11) is 1.22. The largest absolute Gasteiger partial charge is 0.467 e. The van der Waals surface area contributed by atoms with E-state index in [9.17, 15) is 19.2 Å². The Balaban J connectivity index is 1.67. The highest BCUT2D eigenvalue weighted by Gasteiger charge is 2.27. The van der Waals surface area contributed by atoms with Gasteiger partial charge in [0.2, 0.25) is 0 Å². The highest BCUT2D eigenvalue weighted by atomic mass is 16.6. The number of hydrogen-bond donors (Lipinski definition) is 2. The molecule has 0 aliphatic carbocycles. The average Bonchev–Trinajstić information content (AvgIpc) is 2.89. The highest BCUT2D eigenvalue weighted by molar-refractivity contribution is 5.84. The van der Waals surface area contributed by atoms with E-state index in [1.54, 1.807) is 26.0 Å². The first-order valence-corrected chi connectivity index (χ1v) is 12.3. The third-order valence-electron chi connectivity index (χ3n) is 5.88. The van der Waals surface area contributed by atoms with Gasteiger partial charge in [0.25, 0.3) is 0 Å². The van der Waals surface area contributed by atoms with E-state index in [0.29, 0.717) is 31.6 Å². The normalized spacial score (nSPS) is 11.8. The van der Waals surface area contributed by atoms with Gasteiger partial charge in [-0.25, -0.2) is 14.4 Å². The van der Waals surface area contributed by atoms with Crippen LogP contribution in [0.5, 0.6) is 5.75 Å². The van der Waals surface area contributed by atoms with Gasteiger partial charge < -0.3 is 29.6 Å². The molecule has 0 aromatic heterocycles. The molecule has 10 nitrogen and oxygen atoms in total. The molecule has 0 aliphatic heterocycles. The van der Waals surface area contributed by atoms with Gasteiger partial charge >= 0.3 is 24.1 Å². The summed E-state index contributed by atoms with van der Waals surface area (Å²) in [6.07, 6.45) is 0.556. The molecular weight excluding hydrogens is 480 g/mol. The summed E-state index contributed by atoms with van der Waals surface area (Å²) in [6.45, 7) is 5.52. The molecule has 2 N–H and O–H groups in total. The molecule has 0 spiro atoms. The maximum Gasteiger partial charge on any atom is 0.412 e. The molecule has 0 bridgehead atoms. The van der Waals surface area contributed by atoms with Gasteiger partial charge in [0.15, 0.2) is 0 Å². The van der Waals surface area contributed by atoms with E-state index in [4.69, 9.17) is 18.9 Å². The lowest BCUT2D eigenvalue weighted by Gasteiger charge is -2.20. The summed E-state index contributed by atoms with van der Waals surface area (Å²) in [5, 5.41) is 7.14. The van der Waals surface area contributed by atoms with Crippen molar-refractivity contribution in [3.63, 3.8) is 0 Å². The van der Waals surface area contributed by atoms with Crippen LogP contribution >= 0.6 is 0 Å². The van der Waals surface area contributed by atoms with Gasteiger partial charge in [-0.3, -0.25) is 4.79 Å². The van der Waals surface area contributed by atoms with Crippen molar-refractivity contribution in [2.45, 2.75) is 52.5 Å². The van der Waals surface area contributed by atoms with Crippen LogP contribution in [0.2, 0.25) is 0 Å². The molecule has 2 rings (SSSR count). The smallest absolute Gasteiger partial charge is 0.412 e. The number of methoxy groups -OCH3 is 1. The Bertz CT molecular complexity index is 1070. The predicted octanol–water partition coefficient (Wildman–Crippen LogP) is 4.35. The van der Waals surface area contributed by atoms with Crippen molar-refractivity contribution in [1.29, 1.82) is 0 Å². The molecule has 2 amide bonds. The van der Waals surface area contributed by atoms with Crippen LogP contribution in [0.3, 0.4) is 0 Å². The fourth-order valence-electron chi connectivity index (χ4n) is 3.22. The fraction of sp³-hybridized carbons (Fsp3) is 0.481. The van der Waals surface area contributed by atoms with Crippen LogP contribution in [0.25, 0.3) is 10.8 Å². The van der Waals surface area contributed by atoms with E-state index in [1.807, 2.05) is 37.3 Å². The molecule has 0 radical (unpaired) electrons. The van der Waals surface area contributed by atoms with Crippen molar-refractivity contribution in [2.24, 2.45) is 5.41 Å². The lowest BCUT2D eigenvalue weighted by molar-refractivity contribution is -0.155. The topological polar surface area (TPSA) is 129 Å². The zero-order valence-corrected chi connectivity index (χ0v) is 21.8. The summed E-state index contributed by atoms with van der Waals surface area (Å²) in [6, 6.07) is 12.2. The molecule has 0 saturated heterocycles. The number of esters is 2. The van der Waals surface area contributed by atoms with Crippen molar-refractivity contribution in [2.75, 3.05) is 26.9 Å². The number of carbonyl (C=O) groups is 4. The Hall–Kier alpha value is -3.82. The van der Waals surface area contributed by atoms with Crippen molar-refractivity contribution in [3.8, 4) is 5.75 Å². The highest BCUT2D eigenvalue weighted by Crippen LogP contribution is 2.21. The first-order valence-electron chi connectivity index (χ1n) is 12.3. The SMILES string of the molecule is CCC(C)(C)C(=O)OCCOC(=O)NC(CCCCNC(=O)Oc1ccc2ccccc2c1)C(=O)OC. The van der Waals surface area contributed by atoms with Crippen LogP contribution in [0, 0.1) is 5.41 Å². The maximum atomic E-state index is 12.1. The first-order chi connectivity index (χ1) is 17.7. The van der Waals surface area contributed by atoms with Gasteiger partial charge in [-0.1, -0.05) is 37.3 Å². The standard InChI is InChI=1S/C27H36N2O8/c1-5-27(2,3)24(31)35-16-17-36-26(33)29-22(23(30)34-4)12-8-9-15-28-25(32)37-21-14-13-19-10-6-7-11-20(19)18-21/h6-7,10-11,13-14,18,22H,5,8-9,12,15-17H2,1-4H3,(H,28,32)(H,29,33). The van der Waals surface area contributed by atoms with Crippen LogP contribution in [0.1, 0.15) is 46.5 Å². The van der Waals surface area contributed by atoms with Gasteiger partial charge in [-0.2, -0.15) is 0 Å². The van der Waals surface area contributed by atoms with Gasteiger partial charge in [0.1, 0.15) is 25.0 Å². The number of alkyl carbamates (subject to hydrolysis) is 1. The van der Waals surface area contributed by atoms with Crippen LogP contribution in [-0.4, -0.2) is 57.0 Å². The number of ether oxygens (including phenoxy) is 4. The van der Waals surface area contributed by atoms with Crippen LogP contribution in [-0.2, 0) is 23.8 Å². The molecular formula is C27H36N2O8. The number of fused-ring (bicyclic) bond motifs is 1. The third-order valence-corrected chi connectivity index (χ3v) is 5.88. The molecule has 0 heterocycles. The summed E-state index contributed by atoms with van der Waals surface area (Å²) in [5.41, 5.74) is -0.611. The molecule has 0 saturated carbocycles. The van der Waals surface area contributed by atoms with Gasteiger partial charge in [-0.05, 0) is 62.4 Å². The lowest BCUT2D eigenvalue weighted by Crippen LogP contribution is -2.42. The maximum absolute atomic E-state index is 12.1.